The predicted octanol–water partition coefficient (Wildman–Crippen LogP) is 0.616. The lowest BCUT2D eigenvalue weighted by Gasteiger charge is -2.40. The standard InChI is InChI=1S/C27H34O11/c1-12(2)4-9-15-16(36-27-24(34)22(32)20(30)18(11-28)37-27)10-17(35-3)19-21(31)23(33)25(38-26(15)19)13-5-7-14(29)8-6-13/h4-8,10,18,20-25,27-34H,9,11H2,1-3H3. The van der Waals surface area contributed by atoms with Crippen LogP contribution >= 0.6 is 0 Å². The van der Waals surface area contributed by atoms with E-state index in [4.69, 9.17) is 18.9 Å². The minimum absolute atomic E-state index is 0.0288. The molecule has 8 unspecified atom stereocenters. The fourth-order valence-corrected chi connectivity index (χ4v) is 4.61. The monoisotopic (exact) mass is 534 g/mol. The number of fused-ring (bicyclic) bond motifs is 1. The van der Waals surface area contributed by atoms with Crippen LogP contribution in [0.15, 0.2) is 42.0 Å². The first-order valence-corrected chi connectivity index (χ1v) is 12.2. The summed E-state index contributed by atoms with van der Waals surface area (Å²) < 4.78 is 23.3. The molecule has 0 spiro atoms. The molecule has 7 N–H and O–H groups in total. The Labute approximate surface area is 219 Å². The molecule has 0 saturated carbocycles. The third kappa shape index (κ3) is 5.32. The van der Waals surface area contributed by atoms with Crippen molar-refractivity contribution in [3.63, 3.8) is 0 Å². The minimum Gasteiger partial charge on any atom is -0.508 e. The van der Waals surface area contributed by atoms with Crippen molar-refractivity contribution in [3.05, 3.63) is 58.7 Å². The molecule has 4 rings (SSSR count). The normalized spacial score (nSPS) is 30.7. The Kier molecular flexibility index (Phi) is 8.48. The van der Waals surface area contributed by atoms with Gasteiger partial charge in [0.25, 0.3) is 0 Å². The van der Waals surface area contributed by atoms with Gasteiger partial charge in [0.15, 0.2) is 6.10 Å². The number of aromatic hydroxyl groups is 1. The van der Waals surface area contributed by atoms with Crippen molar-refractivity contribution in [3.8, 4) is 23.0 Å². The van der Waals surface area contributed by atoms with Crippen molar-refractivity contribution in [1.82, 2.24) is 0 Å². The van der Waals surface area contributed by atoms with Crippen LogP contribution < -0.4 is 14.2 Å². The van der Waals surface area contributed by atoms with Crippen molar-refractivity contribution < 1.29 is 54.7 Å². The summed E-state index contributed by atoms with van der Waals surface area (Å²) in [7, 11) is 1.37. The van der Waals surface area contributed by atoms with Crippen molar-refractivity contribution >= 4 is 0 Å². The highest BCUT2D eigenvalue weighted by Gasteiger charge is 2.46. The Hall–Kier alpha value is -2.90. The summed E-state index contributed by atoms with van der Waals surface area (Å²) >= 11 is 0. The highest BCUT2D eigenvalue weighted by atomic mass is 16.7. The van der Waals surface area contributed by atoms with Crippen LogP contribution in [0.1, 0.15) is 42.7 Å². The molecule has 8 atom stereocenters. The minimum atomic E-state index is -1.65. The van der Waals surface area contributed by atoms with E-state index in [9.17, 15) is 35.7 Å². The summed E-state index contributed by atoms with van der Waals surface area (Å²) in [5.41, 5.74) is 2.12. The van der Waals surface area contributed by atoms with Gasteiger partial charge in [0, 0.05) is 11.6 Å². The van der Waals surface area contributed by atoms with Crippen molar-refractivity contribution in [2.24, 2.45) is 0 Å². The van der Waals surface area contributed by atoms with Crippen LogP contribution in [-0.4, -0.2) is 86.3 Å². The SMILES string of the molecule is COc1cc(OC2OC(CO)C(O)C(O)C2O)c(CC=C(C)C)c2c1C(O)C(O)C(c1ccc(O)cc1)O2. The predicted molar refractivity (Wildman–Crippen MR) is 133 cm³/mol. The first kappa shape index (κ1) is 28.1. The van der Waals surface area contributed by atoms with Gasteiger partial charge in [-0.3, -0.25) is 0 Å². The summed E-state index contributed by atoms with van der Waals surface area (Å²) in [6.07, 6.45) is -9.11. The zero-order valence-corrected chi connectivity index (χ0v) is 21.3. The molecular formula is C27H34O11. The molecule has 0 bridgehead atoms. The topological polar surface area (TPSA) is 179 Å². The highest BCUT2D eigenvalue weighted by Crippen LogP contribution is 2.51. The smallest absolute Gasteiger partial charge is 0.229 e. The molecule has 208 valence electrons. The largest absolute Gasteiger partial charge is 0.508 e. The van der Waals surface area contributed by atoms with E-state index in [2.05, 4.69) is 0 Å². The molecule has 2 aromatic rings. The van der Waals surface area contributed by atoms with Crippen molar-refractivity contribution in [2.75, 3.05) is 13.7 Å². The number of phenols is 1. The number of methoxy groups -OCH3 is 1. The molecule has 2 aliphatic heterocycles. The van der Waals surface area contributed by atoms with Gasteiger partial charge in [-0.15, -0.1) is 0 Å². The summed E-state index contributed by atoms with van der Waals surface area (Å²) in [5, 5.41) is 72.2. The van der Waals surface area contributed by atoms with E-state index in [1.165, 1.54) is 25.3 Å². The molecule has 1 saturated heterocycles. The number of ether oxygens (including phenoxy) is 4. The molecule has 2 heterocycles. The number of allylic oxidation sites excluding steroid dienone is 2. The van der Waals surface area contributed by atoms with Crippen molar-refractivity contribution in [2.45, 2.75) is 69.3 Å². The van der Waals surface area contributed by atoms with Crippen LogP contribution in [0.4, 0.5) is 0 Å². The summed E-state index contributed by atoms with van der Waals surface area (Å²) in [6, 6.07) is 7.48. The lowest BCUT2D eigenvalue weighted by molar-refractivity contribution is -0.277. The van der Waals surface area contributed by atoms with Gasteiger partial charge >= 0.3 is 0 Å². The zero-order chi connectivity index (χ0) is 27.7. The van der Waals surface area contributed by atoms with Gasteiger partial charge < -0.3 is 54.7 Å². The number of aliphatic hydroxyl groups is 6. The maximum Gasteiger partial charge on any atom is 0.229 e. The molecule has 1 fully saturated rings. The van der Waals surface area contributed by atoms with E-state index < -0.39 is 55.6 Å². The summed E-state index contributed by atoms with van der Waals surface area (Å²) in [4.78, 5) is 0. The molecule has 11 heteroatoms. The number of hydrogen-bond acceptors (Lipinski definition) is 11. The summed E-state index contributed by atoms with van der Waals surface area (Å²) in [5.74, 6) is 0.491. The Morgan fingerprint density at radius 1 is 0.947 bits per heavy atom. The van der Waals surface area contributed by atoms with Gasteiger partial charge in [0.05, 0.1) is 19.3 Å². The fourth-order valence-electron chi connectivity index (χ4n) is 4.61. The van der Waals surface area contributed by atoms with E-state index >= 15 is 0 Å². The van der Waals surface area contributed by atoms with E-state index in [1.807, 2.05) is 19.9 Å². The van der Waals surface area contributed by atoms with Gasteiger partial charge in [-0.1, -0.05) is 23.8 Å². The fraction of sp³-hybridized carbons (Fsp3) is 0.481. The third-order valence-electron chi connectivity index (χ3n) is 6.77. The Balaban J connectivity index is 1.82. The molecule has 2 aromatic carbocycles. The second-order valence-corrected chi connectivity index (χ2v) is 9.66. The molecule has 38 heavy (non-hydrogen) atoms. The van der Waals surface area contributed by atoms with Crippen LogP contribution in [0.25, 0.3) is 0 Å². The number of aliphatic hydroxyl groups excluding tert-OH is 6. The first-order chi connectivity index (χ1) is 18.1. The molecule has 0 aromatic heterocycles. The Morgan fingerprint density at radius 3 is 2.24 bits per heavy atom. The van der Waals surface area contributed by atoms with E-state index in [-0.39, 0.29) is 35.0 Å². The maximum absolute atomic E-state index is 11.1. The average molecular weight is 535 g/mol. The molecule has 0 aliphatic carbocycles. The van der Waals surface area contributed by atoms with E-state index in [0.29, 0.717) is 11.1 Å². The van der Waals surface area contributed by atoms with Crippen LogP contribution in [0.5, 0.6) is 23.0 Å². The van der Waals surface area contributed by atoms with Crippen LogP contribution in [-0.2, 0) is 11.2 Å². The average Bonchev–Trinajstić information content (AvgIpc) is 2.90. The quantitative estimate of drug-likeness (QED) is 0.248. The molecular weight excluding hydrogens is 500 g/mol. The molecule has 2 aliphatic rings. The van der Waals surface area contributed by atoms with Crippen LogP contribution in [0.3, 0.4) is 0 Å². The maximum atomic E-state index is 11.1. The lowest BCUT2D eigenvalue weighted by Crippen LogP contribution is -2.60. The van der Waals surface area contributed by atoms with Gasteiger partial charge in [-0.25, -0.2) is 0 Å². The van der Waals surface area contributed by atoms with Crippen molar-refractivity contribution in [1.29, 1.82) is 0 Å². The highest BCUT2D eigenvalue weighted by molar-refractivity contribution is 5.60. The van der Waals surface area contributed by atoms with Crippen LogP contribution in [0, 0.1) is 0 Å². The molecule has 11 nitrogen and oxygen atoms in total. The van der Waals surface area contributed by atoms with E-state index in [0.717, 1.165) is 5.57 Å². The number of benzene rings is 2. The molecule has 0 amide bonds. The number of phenolic OH excluding ortho intramolecular Hbond substituents is 1. The van der Waals surface area contributed by atoms with Gasteiger partial charge in [0.1, 0.15) is 59.6 Å². The van der Waals surface area contributed by atoms with Gasteiger partial charge in [0.2, 0.25) is 6.29 Å². The number of hydrogen-bond donors (Lipinski definition) is 7. The second kappa shape index (κ2) is 11.5. The third-order valence-corrected chi connectivity index (χ3v) is 6.77. The van der Waals surface area contributed by atoms with Gasteiger partial charge in [-0.05, 0) is 38.0 Å². The van der Waals surface area contributed by atoms with E-state index in [1.54, 1.807) is 12.1 Å². The van der Waals surface area contributed by atoms with Crippen LogP contribution in [0.2, 0.25) is 0 Å². The van der Waals surface area contributed by atoms with Gasteiger partial charge in [-0.2, -0.15) is 0 Å². The zero-order valence-electron chi connectivity index (χ0n) is 21.3. The number of rotatable bonds is 7. The first-order valence-electron chi connectivity index (χ1n) is 12.2. The second-order valence-electron chi connectivity index (χ2n) is 9.66. The molecule has 0 radical (unpaired) electrons. The lowest BCUT2D eigenvalue weighted by atomic mass is 9.89. The Bertz CT molecular complexity index is 1140. The Morgan fingerprint density at radius 2 is 1.63 bits per heavy atom. The summed E-state index contributed by atoms with van der Waals surface area (Å²) in [6.45, 7) is 3.17.